The van der Waals surface area contributed by atoms with E-state index in [-0.39, 0.29) is 160 Å². The minimum Gasteiger partial charge on any atom is -0.480 e. The number of rotatable bonds is 58. The number of carbonyl (C=O) groups excluding carboxylic acids is 10. The predicted molar refractivity (Wildman–Crippen MR) is 336 cm³/mol. The molecule has 2 fully saturated rings. The summed E-state index contributed by atoms with van der Waals surface area (Å²) in [6, 6.07) is 3.69. The first-order chi connectivity index (χ1) is 45.3. The molecule has 530 valence electrons. The van der Waals surface area contributed by atoms with E-state index in [0.29, 0.717) is 103 Å². The molecule has 2 aliphatic rings. The van der Waals surface area contributed by atoms with Gasteiger partial charge in [-0.3, -0.25) is 67.3 Å². The summed E-state index contributed by atoms with van der Waals surface area (Å²) in [5, 5.41) is 32.8. The molecular weight excluding hydrogens is 1260 g/mol. The Morgan fingerprint density at radius 1 is 0.521 bits per heavy atom. The van der Waals surface area contributed by atoms with Crippen molar-refractivity contribution in [1.82, 2.24) is 36.4 Å². The van der Waals surface area contributed by atoms with E-state index >= 15 is 0 Å². The molecule has 0 bridgehead atoms. The number of aryl methyl sites for hydroxylation is 1. The van der Waals surface area contributed by atoms with E-state index in [2.05, 4.69) is 31.9 Å². The Morgan fingerprint density at radius 2 is 0.979 bits per heavy atom. The Morgan fingerprint density at radius 3 is 1.46 bits per heavy atom. The fourth-order valence-corrected chi connectivity index (χ4v) is 9.64. The molecule has 10 amide bonds. The number of carboxylic acids is 2. The van der Waals surface area contributed by atoms with Crippen molar-refractivity contribution in [2.75, 3.05) is 169 Å². The van der Waals surface area contributed by atoms with Gasteiger partial charge in [0.15, 0.2) is 0 Å². The number of aliphatic carboxylic acids is 2. The fraction of sp³-hybridized carbons (Fsp3) is 0.700. The van der Waals surface area contributed by atoms with Crippen molar-refractivity contribution in [3.05, 3.63) is 29.8 Å². The molecule has 0 spiro atoms. The van der Waals surface area contributed by atoms with Crippen molar-refractivity contribution >= 4 is 88.5 Å². The quantitative estimate of drug-likeness (QED) is 0.0185. The van der Waals surface area contributed by atoms with Gasteiger partial charge in [-0.05, 0) is 62.6 Å². The number of unbranched alkanes of at least 4 members (excludes halogenated alkanes) is 2. The van der Waals surface area contributed by atoms with E-state index < -0.39 is 84.0 Å². The van der Waals surface area contributed by atoms with Crippen LogP contribution in [0.15, 0.2) is 24.3 Å². The first-order valence-electron chi connectivity index (χ1n) is 31.6. The van der Waals surface area contributed by atoms with Gasteiger partial charge in [0.1, 0.15) is 31.3 Å². The number of benzene rings is 1. The molecule has 1 unspecified atom stereocenters. The Labute approximate surface area is 550 Å². The molecule has 0 saturated carbocycles. The van der Waals surface area contributed by atoms with Gasteiger partial charge >= 0.3 is 11.9 Å². The standard InChI is InChI=1S/C60H96N10O23S/c61-45(59(81)82)5-1-3-17-63-50(72)15-23-85-27-31-89-35-37-91-33-29-87-25-19-65-49(71)13-21-70-56(78)39-48(58(70)80)94-42-47(68-53(75)41-93-40-52(74)67-44-10-7-43(8-11-44)9-12-54(76)69-22-14-55(69)77)57(79)66-20-26-88-30-34-92-38-36-90-32-28-86-24-16-51(73)64-18-4-2-6-46(62)60(83)84/h7-8,10-11,45-48H,1-6,9,12-42,61-62H2,(H,63,72)(H,64,73)(H,65,71)(H,66,79)(H,67,74)(H,68,75)(H,81,82)(H,83,84)/t45-,46-,47-,48?/m0/s1. The van der Waals surface area contributed by atoms with Gasteiger partial charge in [0.2, 0.25) is 59.1 Å². The first-order valence-corrected chi connectivity index (χ1v) is 32.6. The van der Waals surface area contributed by atoms with Crippen LogP contribution < -0.4 is 43.4 Å². The van der Waals surface area contributed by atoms with Crippen molar-refractivity contribution in [1.29, 1.82) is 0 Å². The number of β-lactam (4-membered cyclic amide) rings is 1. The van der Waals surface area contributed by atoms with E-state index in [1.165, 1.54) is 4.90 Å². The van der Waals surface area contributed by atoms with Crippen molar-refractivity contribution in [2.24, 2.45) is 11.5 Å². The molecule has 1 aromatic rings. The summed E-state index contributed by atoms with van der Waals surface area (Å²) in [6.07, 6.45) is 4.01. The highest BCUT2D eigenvalue weighted by Crippen LogP contribution is 2.26. The lowest BCUT2D eigenvalue weighted by Gasteiger charge is -2.28. The van der Waals surface area contributed by atoms with E-state index in [1.807, 2.05) is 0 Å². The number of thioether (sulfide) groups is 1. The number of likely N-dealkylation sites (tertiary alicyclic amines) is 2. The molecule has 1 aromatic carbocycles. The maximum Gasteiger partial charge on any atom is 0.320 e. The van der Waals surface area contributed by atoms with Crippen LogP contribution in [0.3, 0.4) is 0 Å². The van der Waals surface area contributed by atoms with Gasteiger partial charge in [-0.1, -0.05) is 12.1 Å². The van der Waals surface area contributed by atoms with Gasteiger partial charge in [0.05, 0.1) is 111 Å². The first kappa shape index (κ1) is 81.4. The summed E-state index contributed by atoms with van der Waals surface area (Å²) < 4.78 is 49.2. The average Bonchev–Trinajstić information content (AvgIpc) is 1.63. The number of ether oxygens (including phenoxy) is 9. The molecule has 94 heavy (non-hydrogen) atoms. The molecular formula is C60H96N10O23S. The highest BCUT2D eigenvalue weighted by atomic mass is 32.2. The van der Waals surface area contributed by atoms with Crippen LogP contribution in [0.4, 0.5) is 5.69 Å². The lowest BCUT2D eigenvalue weighted by molar-refractivity contribution is -0.152. The molecule has 0 aliphatic carbocycles. The lowest BCUT2D eigenvalue weighted by Crippen LogP contribution is -2.50. The van der Waals surface area contributed by atoms with Gasteiger partial charge < -0.3 is 96.2 Å². The average molecular weight is 1360 g/mol. The van der Waals surface area contributed by atoms with Gasteiger partial charge in [0, 0.05) is 89.2 Å². The molecule has 0 aromatic heterocycles. The van der Waals surface area contributed by atoms with E-state index in [0.717, 1.165) is 22.2 Å². The van der Waals surface area contributed by atoms with Crippen LogP contribution in [0, 0.1) is 0 Å². The number of hydrogen-bond donors (Lipinski definition) is 10. The zero-order chi connectivity index (χ0) is 68.6. The SMILES string of the molecule is N[C@@H](CCCCNC(=O)CCOCCOCCOCCOCCNC(=O)CCN1C(=O)CC(SC[C@H](NC(=O)COCC(=O)Nc2ccc(CCC(=O)N3CCC3=O)cc2)C(=O)NCCOCCOCCOCCOCCC(=O)NCCCC[C@H](N)C(=O)O)C1=O)C(=O)O. The topological polar surface area (TPSA) is 459 Å². The second-order valence-electron chi connectivity index (χ2n) is 21.3. The van der Waals surface area contributed by atoms with Crippen LogP contribution in [-0.2, 0) is 107 Å². The molecule has 12 N–H and O–H groups in total. The number of hydrogen-bond acceptors (Lipinski definition) is 24. The van der Waals surface area contributed by atoms with Crippen LogP contribution in [0.25, 0.3) is 0 Å². The number of nitrogens with one attached hydrogen (secondary N) is 6. The van der Waals surface area contributed by atoms with Crippen LogP contribution in [0.5, 0.6) is 0 Å². The number of anilines is 1. The summed E-state index contributed by atoms with van der Waals surface area (Å²) in [5.74, 6) is -6.47. The largest absolute Gasteiger partial charge is 0.480 e. The molecule has 33 nitrogen and oxygen atoms in total. The smallest absolute Gasteiger partial charge is 0.320 e. The third kappa shape index (κ3) is 38.5. The van der Waals surface area contributed by atoms with Gasteiger partial charge in [0.25, 0.3) is 0 Å². The molecule has 4 atom stereocenters. The summed E-state index contributed by atoms with van der Waals surface area (Å²) in [5.41, 5.74) is 12.2. The number of nitrogens with two attached hydrogens (primary N) is 2. The number of amides is 10. The molecule has 0 radical (unpaired) electrons. The number of carbonyl (C=O) groups is 12. The van der Waals surface area contributed by atoms with Crippen molar-refractivity contribution in [2.45, 2.75) is 107 Å². The summed E-state index contributed by atoms with van der Waals surface area (Å²) >= 11 is 0.976. The summed E-state index contributed by atoms with van der Waals surface area (Å²) in [7, 11) is 0. The zero-order valence-electron chi connectivity index (χ0n) is 53.4. The van der Waals surface area contributed by atoms with E-state index in [1.54, 1.807) is 24.3 Å². The Balaban J connectivity index is 1.30. The van der Waals surface area contributed by atoms with Gasteiger partial charge in [-0.15, -0.1) is 11.8 Å². The van der Waals surface area contributed by atoms with Gasteiger partial charge in [-0.2, -0.15) is 0 Å². The van der Waals surface area contributed by atoms with Crippen molar-refractivity contribution < 1.29 is 110 Å². The van der Waals surface area contributed by atoms with Crippen LogP contribution in [-0.4, -0.2) is 278 Å². The van der Waals surface area contributed by atoms with Gasteiger partial charge in [-0.25, -0.2) is 0 Å². The third-order valence-corrected chi connectivity index (χ3v) is 15.1. The number of carboxylic acid groups (broad SMARTS) is 2. The highest BCUT2D eigenvalue weighted by Gasteiger charge is 2.40. The monoisotopic (exact) mass is 1360 g/mol. The molecule has 2 aliphatic heterocycles. The van der Waals surface area contributed by atoms with Crippen LogP contribution >= 0.6 is 11.8 Å². The second-order valence-corrected chi connectivity index (χ2v) is 22.6. The van der Waals surface area contributed by atoms with E-state index in [9.17, 15) is 57.5 Å². The predicted octanol–water partition coefficient (Wildman–Crippen LogP) is -2.39. The zero-order valence-corrected chi connectivity index (χ0v) is 54.2. The van der Waals surface area contributed by atoms with Crippen LogP contribution in [0.2, 0.25) is 0 Å². The Kier molecular flexibility index (Phi) is 43.8. The van der Waals surface area contributed by atoms with Crippen LogP contribution in [0.1, 0.15) is 82.6 Å². The minimum absolute atomic E-state index is 0.0276. The van der Waals surface area contributed by atoms with Crippen molar-refractivity contribution in [3.8, 4) is 0 Å². The van der Waals surface area contributed by atoms with E-state index in [4.69, 9.17) is 64.3 Å². The summed E-state index contributed by atoms with van der Waals surface area (Å²) in [4.78, 5) is 150. The minimum atomic E-state index is -1.23. The molecule has 3 rings (SSSR count). The fourth-order valence-electron chi connectivity index (χ4n) is 8.45. The maximum atomic E-state index is 13.5. The molecule has 2 heterocycles. The summed E-state index contributed by atoms with van der Waals surface area (Å²) in [6.45, 7) is 4.07. The normalized spacial score (nSPS) is 14.6. The number of imide groups is 2. The lowest BCUT2D eigenvalue weighted by atomic mass is 10.1. The highest BCUT2D eigenvalue weighted by molar-refractivity contribution is 8.00. The number of nitrogens with zero attached hydrogens (tertiary/aromatic N) is 2. The Hall–Kier alpha value is -6.83. The Bertz CT molecular complexity index is 2490. The van der Waals surface area contributed by atoms with Crippen molar-refractivity contribution in [3.63, 3.8) is 0 Å². The second kappa shape index (κ2) is 50.6. The third-order valence-electron chi connectivity index (χ3n) is 13.8. The molecule has 2 saturated heterocycles. The molecule has 34 heteroatoms. The maximum absolute atomic E-state index is 13.5.